The highest BCUT2D eigenvalue weighted by molar-refractivity contribution is 9.10. The van der Waals surface area contributed by atoms with Gasteiger partial charge in [-0.25, -0.2) is 4.98 Å². The van der Waals surface area contributed by atoms with Gasteiger partial charge in [0.15, 0.2) is 0 Å². The number of hydrogen-bond acceptors (Lipinski definition) is 3. The molecule has 1 amide bonds. The molecule has 0 fully saturated rings. The molecule has 0 unspecified atom stereocenters. The molecule has 0 saturated heterocycles. The van der Waals surface area contributed by atoms with Gasteiger partial charge in [-0.15, -0.1) is 0 Å². The Balaban J connectivity index is 2.29. The predicted octanol–water partition coefficient (Wildman–Crippen LogP) is 3.72. The van der Waals surface area contributed by atoms with Gasteiger partial charge in [0.1, 0.15) is 16.0 Å². The second kappa shape index (κ2) is 6.05. The molecule has 104 valence electrons. The Morgan fingerprint density at radius 1 is 1.25 bits per heavy atom. The van der Waals surface area contributed by atoms with Crippen LogP contribution in [0.3, 0.4) is 0 Å². The van der Waals surface area contributed by atoms with Crippen LogP contribution in [0.1, 0.15) is 21.6 Å². The summed E-state index contributed by atoms with van der Waals surface area (Å²) in [4.78, 5) is 16.3. The molecule has 5 heteroatoms. The number of nitrogens with zero attached hydrogens (tertiary/aromatic N) is 1. The second-order valence-corrected chi connectivity index (χ2v) is 5.20. The number of carbonyl (C=O) groups excluding carboxylic acids is 1. The summed E-state index contributed by atoms with van der Waals surface area (Å²) in [6, 6.07) is 8.99. The van der Waals surface area contributed by atoms with E-state index in [2.05, 4.69) is 26.2 Å². The number of pyridine rings is 1. The van der Waals surface area contributed by atoms with Crippen LogP contribution in [0.25, 0.3) is 0 Å². The van der Waals surface area contributed by atoms with Crippen LogP contribution in [0.15, 0.2) is 34.9 Å². The van der Waals surface area contributed by atoms with Gasteiger partial charge in [-0.05, 0) is 53.5 Å². The number of nitrogens with one attached hydrogen (secondary N) is 1. The van der Waals surface area contributed by atoms with Gasteiger partial charge in [0, 0.05) is 11.3 Å². The van der Waals surface area contributed by atoms with Crippen molar-refractivity contribution in [2.45, 2.75) is 13.8 Å². The first kappa shape index (κ1) is 14.5. The Morgan fingerprint density at radius 3 is 2.65 bits per heavy atom. The third-order valence-corrected chi connectivity index (χ3v) is 3.44. The molecule has 1 aromatic heterocycles. The molecule has 1 heterocycles. The zero-order valence-electron chi connectivity index (χ0n) is 11.5. The molecule has 4 nitrogen and oxygen atoms in total. The number of amides is 1. The maximum atomic E-state index is 12.2. The summed E-state index contributed by atoms with van der Waals surface area (Å²) in [5.41, 5.74) is 3.01. The molecule has 0 bridgehead atoms. The standard InChI is InChI=1S/C15H15BrN2O2/c1-9-7-8-11(10(2)14(9)20-3)18-15(19)12-5-4-6-13(16)17-12/h4-8H,1-3H3,(H,18,19). The van der Waals surface area contributed by atoms with Crippen LogP contribution in [0.2, 0.25) is 0 Å². The molecule has 0 saturated carbocycles. The largest absolute Gasteiger partial charge is 0.496 e. The fourth-order valence-electron chi connectivity index (χ4n) is 2.00. The summed E-state index contributed by atoms with van der Waals surface area (Å²) in [5.74, 6) is 0.533. The number of anilines is 1. The van der Waals surface area contributed by atoms with Crippen molar-refractivity contribution < 1.29 is 9.53 Å². The first-order valence-corrected chi connectivity index (χ1v) is 6.90. The maximum Gasteiger partial charge on any atom is 0.274 e. The number of halogens is 1. The molecule has 1 N–H and O–H groups in total. The lowest BCUT2D eigenvalue weighted by Gasteiger charge is -2.13. The lowest BCUT2D eigenvalue weighted by atomic mass is 10.1. The zero-order chi connectivity index (χ0) is 14.7. The van der Waals surface area contributed by atoms with Gasteiger partial charge < -0.3 is 10.1 Å². The van der Waals surface area contributed by atoms with E-state index in [0.717, 1.165) is 22.6 Å². The van der Waals surface area contributed by atoms with Gasteiger partial charge in [-0.1, -0.05) is 12.1 Å². The number of aryl methyl sites for hydroxylation is 1. The van der Waals surface area contributed by atoms with E-state index < -0.39 is 0 Å². The molecule has 0 aliphatic rings. The highest BCUT2D eigenvalue weighted by Gasteiger charge is 2.12. The first-order valence-electron chi connectivity index (χ1n) is 6.11. The lowest BCUT2D eigenvalue weighted by molar-refractivity contribution is 0.102. The normalized spacial score (nSPS) is 10.2. The van der Waals surface area contributed by atoms with E-state index in [1.165, 1.54) is 0 Å². The molecule has 0 spiro atoms. The van der Waals surface area contributed by atoms with E-state index in [9.17, 15) is 4.79 Å². The number of carbonyl (C=O) groups is 1. The molecule has 0 radical (unpaired) electrons. The van der Waals surface area contributed by atoms with E-state index in [4.69, 9.17) is 4.74 Å². The smallest absolute Gasteiger partial charge is 0.274 e. The highest BCUT2D eigenvalue weighted by atomic mass is 79.9. The molecule has 20 heavy (non-hydrogen) atoms. The molecule has 1 aromatic carbocycles. The Kier molecular flexibility index (Phi) is 4.39. The number of ether oxygens (including phenoxy) is 1. The molecule has 0 aliphatic heterocycles. The summed E-state index contributed by atoms with van der Waals surface area (Å²) in [6.45, 7) is 3.88. The molecular formula is C15H15BrN2O2. The summed E-state index contributed by atoms with van der Waals surface area (Å²) < 4.78 is 5.98. The lowest BCUT2D eigenvalue weighted by Crippen LogP contribution is -2.14. The Morgan fingerprint density at radius 2 is 2.00 bits per heavy atom. The number of rotatable bonds is 3. The van der Waals surface area contributed by atoms with Crippen LogP contribution in [-0.4, -0.2) is 18.0 Å². The third-order valence-electron chi connectivity index (χ3n) is 3.00. The van der Waals surface area contributed by atoms with Gasteiger partial charge >= 0.3 is 0 Å². The van der Waals surface area contributed by atoms with Gasteiger partial charge in [0.05, 0.1) is 7.11 Å². The zero-order valence-corrected chi connectivity index (χ0v) is 13.1. The van der Waals surface area contributed by atoms with E-state index in [0.29, 0.717) is 10.3 Å². The topological polar surface area (TPSA) is 51.2 Å². The second-order valence-electron chi connectivity index (χ2n) is 4.39. The van der Waals surface area contributed by atoms with Crippen molar-refractivity contribution in [2.75, 3.05) is 12.4 Å². The van der Waals surface area contributed by atoms with Crippen LogP contribution in [-0.2, 0) is 0 Å². The number of methoxy groups -OCH3 is 1. The fourth-order valence-corrected chi connectivity index (χ4v) is 2.34. The van der Waals surface area contributed by atoms with E-state index in [1.807, 2.05) is 26.0 Å². The van der Waals surface area contributed by atoms with Crippen LogP contribution in [0.5, 0.6) is 5.75 Å². The van der Waals surface area contributed by atoms with Crippen molar-refractivity contribution in [3.05, 3.63) is 51.8 Å². The van der Waals surface area contributed by atoms with Crippen molar-refractivity contribution in [1.82, 2.24) is 4.98 Å². The average Bonchev–Trinajstić information content (AvgIpc) is 2.42. The van der Waals surface area contributed by atoms with Crippen LogP contribution in [0.4, 0.5) is 5.69 Å². The van der Waals surface area contributed by atoms with Gasteiger partial charge in [0.25, 0.3) is 5.91 Å². The summed E-state index contributed by atoms with van der Waals surface area (Å²) in [5, 5.41) is 2.85. The molecule has 2 rings (SSSR count). The van der Waals surface area contributed by atoms with Crippen molar-refractivity contribution in [1.29, 1.82) is 0 Å². The minimum atomic E-state index is -0.250. The fraction of sp³-hybridized carbons (Fsp3) is 0.200. The molecule has 0 aliphatic carbocycles. The summed E-state index contributed by atoms with van der Waals surface area (Å²) in [7, 11) is 1.62. The van der Waals surface area contributed by atoms with E-state index >= 15 is 0 Å². The minimum Gasteiger partial charge on any atom is -0.496 e. The summed E-state index contributed by atoms with van der Waals surface area (Å²) in [6.07, 6.45) is 0. The Labute approximate surface area is 126 Å². The van der Waals surface area contributed by atoms with Gasteiger partial charge in [0.2, 0.25) is 0 Å². The minimum absolute atomic E-state index is 0.250. The van der Waals surface area contributed by atoms with E-state index in [1.54, 1.807) is 25.3 Å². The molecule has 2 aromatic rings. The molecule has 0 atom stereocenters. The monoisotopic (exact) mass is 334 g/mol. The van der Waals surface area contributed by atoms with Crippen LogP contribution in [0, 0.1) is 13.8 Å². The molecular weight excluding hydrogens is 320 g/mol. The number of hydrogen-bond donors (Lipinski definition) is 1. The van der Waals surface area contributed by atoms with Crippen molar-refractivity contribution >= 4 is 27.5 Å². The Bertz CT molecular complexity index is 656. The van der Waals surface area contributed by atoms with Crippen LogP contribution >= 0.6 is 15.9 Å². The van der Waals surface area contributed by atoms with Crippen molar-refractivity contribution in [3.63, 3.8) is 0 Å². The van der Waals surface area contributed by atoms with Crippen LogP contribution < -0.4 is 10.1 Å². The summed E-state index contributed by atoms with van der Waals surface area (Å²) >= 11 is 3.25. The van der Waals surface area contributed by atoms with Gasteiger partial charge in [-0.2, -0.15) is 0 Å². The first-order chi connectivity index (χ1) is 9.52. The maximum absolute atomic E-state index is 12.2. The average molecular weight is 335 g/mol. The van der Waals surface area contributed by atoms with Crippen molar-refractivity contribution in [3.8, 4) is 5.75 Å². The van der Waals surface area contributed by atoms with Gasteiger partial charge in [-0.3, -0.25) is 4.79 Å². The van der Waals surface area contributed by atoms with E-state index in [-0.39, 0.29) is 5.91 Å². The third kappa shape index (κ3) is 2.99. The number of aromatic nitrogens is 1. The quantitative estimate of drug-likeness (QED) is 0.870. The highest BCUT2D eigenvalue weighted by Crippen LogP contribution is 2.29. The SMILES string of the molecule is COc1c(C)ccc(NC(=O)c2cccc(Br)n2)c1C. The number of benzene rings is 1. The Hall–Kier alpha value is -1.88. The predicted molar refractivity (Wildman–Crippen MR) is 82.4 cm³/mol. The van der Waals surface area contributed by atoms with Crippen molar-refractivity contribution in [2.24, 2.45) is 0 Å².